The number of nitrogens with zero attached hydrogens (tertiary/aromatic N) is 2. The smallest absolute Gasteiger partial charge is 0.744 e. The van der Waals surface area contributed by atoms with E-state index in [9.17, 15) is 46.4 Å². The van der Waals surface area contributed by atoms with Gasteiger partial charge in [0.1, 0.15) is 10.1 Å². The Bertz CT molecular complexity index is 889. The Hall–Kier alpha value is -2.06. The average Bonchev–Trinajstić information content (AvgIpc) is 2.54. The molecule has 0 heterocycles. The first-order chi connectivity index (χ1) is 11.8. The van der Waals surface area contributed by atoms with Gasteiger partial charge in [-0.25, -0.2) is 8.42 Å². The van der Waals surface area contributed by atoms with Crippen molar-refractivity contribution >= 4 is 21.5 Å². The summed E-state index contributed by atoms with van der Waals surface area (Å²) >= 11 is 0. The molecule has 0 aromatic heterocycles. The Morgan fingerprint density at radius 3 is 1.56 bits per heavy atom. The van der Waals surface area contributed by atoms with Gasteiger partial charge in [0.05, 0.1) is 26.4 Å². The van der Waals surface area contributed by atoms with E-state index in [4.69, 9.17) is 0 Å². The quantitative estimate of drug-likeness (QED) is 0.299. The van der Waals surface area contributed by atoms with Gasteiger partial charge in [-0.1, -0.05) is 0 Å². The zero-order valence-corrected chi connectivity index (χ0v) is 16.2. The fraction of sp³-hybridized carbons (Fsp3) is 0.0769. The van der Waals surface area contributed by atoms with Crippen LogP contribution in [0.4, 0.5) is 24.5 Å². The second kappa shape index (κ2) is 9.75. The molecule has 0 saturated carbocycles. The van der Waals surface area contributed by atoms with Gasteiger partial charge in [0.2, 0.25) is 0 Å². The Morgan fingerprint density at radius 2 is 1.26 bits per heavy atom. The van der Waals surface area contributed by atoms with Crippen LogP contribution in [0.1, 0.15) is 5.56 Å². The van der Waals surface area contributed by atoms with Gasteiger partial charge in [-0.3, -0.25) is 20.2 Å². The molecule has 0 spiro atoms. The zero-order valence-electron chi connectivity index (χ0n) is 13.4. The van der Waals surface area contributed by atoms with Gasteiger partial charge in [-0.05, 0) is 30.3 Å². The van der Waals surface area contributed by atoms with E-state index in [0.717, 1.165) is 6.07 Å². The van der Waals surface area contributed by atoms with Crippen molar-refractivity contribution in [2.75, 3.05) is 0 Å². The van der Waals surface area contributed by atoms with E-state index in [1.165, 1.54) is 18.2 Å². The van der Waals surface area contributed by atoms with Crippen LogP contribution in [0.5, 0.6) is 0 Å². The van der Waals surface area contributed by atoms with Crippen molar-refractivity contribution in [1.29, 1.82) is 0 Å². The molecule has 0 unspecified atom stereocenters. The molecule has 0 N–H and O–H groups in total. The molecule has 2 rings (SSSR count). The topological polar surface area (TPSA) is 143 Å². The molecule has 0 amide bonds. The minimum atomic E-state index is -4.68. The van der Waals surface area contributed by atoms with E-state index in [1.807, 2.05) is 0 Å². The summed E-state index contributed by atoms with van der Waals surface area (Å²) in [5, 5.41) is 20.3. The standard InChI is InChI=1S/C7H5F3O3S.C6H4N2O4.Na/c8-7(9,10)5-1-3-6(4-2-5)14(11,12)13;9-7(10)5-2-1-3-6(4-5)8(11)12;/h1-4H,(H,11,12,13);1-4H;/q;;+1/p-1. The molecule has 2 aromatic rings. The summed E-state index contributed by atoms with van der Waals surface area (Å²) in [5.41, 5.74) is -1.54. The van der Waals surface area contributed by atoms with E-state index in [2.05, 4.69) is 0 Å². The molecule has 9 nitrogen and oxygen atoms in total. The predicted octanol–water partition coefficient (Wildman–Crippen LogP) is 0.117. The van der Waals surface area contributed by atoms with E-state index in [-0.39, 0.29) is 40.9 Å². The Morgan fingerprint density at radius 1 is 0.852 bits per heavy atom. The molecule has 140 valence electrons. The number of rotatable bonds is 3. The number of hydrogen-bond acceptors (Lipinski definition) is 7. The van der Waals surface area contributed by atoms with E-state index in [0.29, 0.717) is 24.3 Å². The van der Waals surface area contributed by atoms with Crippen LogP contribution >= 0.6 is 0 Å². The molecular weight excluding hydrogens is 408 g/mol. The van der Waals surface area contributed by atoms with Crippen molar-refractivity contribution in [3.05, 3.63) is 74.3 Å². The predicted molar refractivity (Wildman–Crippen MR) is 79.2 cm³/mol. The van der Waals surface area contributed by atoms with Crippen molar-refractivity contribution in [3.63, 3.8) is 0 Å². The normalized spacial score (nSPS) is 10.8. The molecular formula is C13H8F3N2NaO7S. The van der Waals surface area contributed by atoms with Crippen LogP contribution in [0.2, 0.25) is 0 Å². The van der Waals surface area contributed by atoms with Gasteiger partial charge in [0, 0.05) is 12.1 Å². The van der Waals surface area contributed by atoms with Crippen LogP contribution in [-0.2, 0) is 16.3 Å². The first-order valence-electron chi connectivity index (χ1n) is 6.34. The molecule has 0 aliphatic carbocycles. The Balaban J connectivity index is 0.000000488. The fourth-order valence-electron chi connectivity index (χ4n) is 1.53. The zero-order chi connectivity index (χ0) is 20.1. The number of halogens is 3. The summed E-state index contributed by atoms with van der Waals surface area (Å²) in [4.78, 5) is 18.3. The van der Waals surface area contributed by atoms with Crippen LogP contribution < -0.4 is 29.6 Å². The molecule has 0 atom stereocenters. The number of nitro groups is 2. The number of benzene rings is 2. The maximum Gasteiger partial charge on any atom is 1.00 e. The number of non-ortho nitro benzene ring substituents is 2. The summed E-state index contributed by atoms with van der Waals surface area (Å²) in [5.74, 6) is 0. The van der Waals surface area contributed by atoms with E-state index in [1.54, 1.807) is 0 Å². The van der Waals surface area contributed by atoms with Crippen molar-refractivity contribution in [2.24, 2.45) is 0 Å². The maximum absolute atomic E-state index is 12.0. The van der Waals surface area contributed by atoms with Crippen LogP contribution in [0, 0.1) is 20.2 Å². The summed E-state index contributed by atoms with van der Waals surface area (Å²) in [6.07, 6.45) is -4.54. The number of nitro benzene ring substituents is 2. The number of hydrogen-bond donors (Lipinski definition) is 0. The number of alkyl halides is 3. The van der Waals surface area contributed by atoms with Gasteiger partial charge >= 0.3 is 35.7 Å². The molecule has 0 aliphatic rings. The largest absolute Gasteiger partial charge is 1.00 e. The van der Waals surface area contributed by atoms with Crippen molar-refractivity contribution in [2.45, 2.75) is 11.1 Å². The van der Waals surface area contributed by atoms with Gasteiger partial charge in [0.25, 0.3) is 11.4 Å². The third-order valence-corrected chi connectivity index (χ3v) is 3.57. The SMILES string of the molecule is O=S(=O)([O-])c1ccc(C(F)(F)F)cc1.O=[N+]([O-])c1cccc([N+](=O)[O-])c1.[Na+]. The van der Waals surface area contributed by atoms with Crippen LogP contribution in [0.15, 0.2) is 53.4 Å². The van der Waals surface area contributed by atoms with E-state index >= 15 is 0 Å². The van der Waals surface area contributed by atoms with Crippen molar-refractivity contribution < 1.29 is 65.5 Å². The summed E-state index contributed by atoms with van der Waals surface area (Å²) in [6, 6.07) is 6.95. The Labute approximate surface area is 172 Å². The third-order valence-electron chi connectivity index (χ3n) is 2.72. The first-order valence-corrected chi connectivity index (χ1v) is 7.75. The van der Waals surface area contributed by atoms with Gasteiger partial charge in [-0.2, -0.15) is 13.2 Å². The van der Waals surface area contributed by atoms with Crippen LogP contribution in [0.3, 0.4) is 0 Å². The monoisotopic (exact) mass is 416 g/mol. The second-order valence-electron chi connectivity index (χ2n) is 4.51. The summed E-state index contributed by atoms with van der Waals surface area (Å²) < 4.78 is 67.0. The minimum Gasteiger partial charge on any atom is -0.744 e. The summed E-state index contributed by atoms with van der Waals surface area (Å²) in [6.45, 7) is 0. The Kier molecular flexibility index (Phi) is 9.01. The molecule has 0 aliphatic heterocycles. The third kappa shape index (κ3) is 8.01. The molecule has 0 saturated heterocycles. The van der Waals surface area contributed by atoms with Gasteiger partial charge in [-0.15, -0.1) is 0 Å². The van der Waals surface area contributed by atoms with Gasteiger partial charge < -0.3 is 4.55 Å². The van der Waals surface area contributed by atoms with E-state index < -0.39 is 36.6 Å². The van der Waals surface area contributed by atoms with Gasteiger partial charge in [0.15, 0.2) is 0 Å². The minimum absolute atomic E-state index is 0. The molecule has 27 heavy (non-hydrogen) atoms. The second-order valence-corrected chi connectivity index (χ2v) is 5.89. The molecule has 0 radical (unpaired) electrons. The molecule has 2 aromatic carbocycles. The molecule has 14 heteroatoms. The van der Waals surface area contributed by atoms with Crippen molar-refractivity contribution in [1.82, 2.24) is 0 Å². The molecule has 0 fully saturated rings. The average molecular weight is 416 g/mol. The fourth-order valence-corrected chi connectivity index (χ4v) is 2.00. The van der Waals surface area contributed by atoms with Crippen LogP contribution in [0.25, 0.3) is 0 Å². The maximum atomic E-state index is 12.0. The van der Waals surface area contributed by atoms with Crippen molar-refractivity contribution in [3.8, 4) is 0 Å². The molecule has 0 bridgehead atoms. The first kappa shape index (κ1) is 24.9. The summed E-state index contributed by atoms with van der Waals surface area (Å²) in [7, 11) is -4.68. The van der Waals surface area contributed by atoms with Crippen LogP contribution in [-0.4, -0.2) is 22.8 Å².